The zero-order valence-electron chi connectivity index (χ0n) is 14.4. The molecule has 0 saturated carbocycles. The van der Waals surface area contributed by atoms with Crippen LogP contribution in [0.15, 0.2) is 54.6 Å². The number of likely N-dealkylation sites (tertiary alicyclic amines) is 1. The zero-order chi connectivity index (χ0) is 18.4. The van der Waals surface area contributed by atoms with Crippen LogP contribution in [0.25, 0.3) is 0 Å². The summed E-state index contributed by atoms with van der Waals surface area (Å²) in [6.07, 6.45) is 1.17. The van der Waals surface area contributed by atoms with Crippen LogP contribution < -0.4 is 10.1 Å². The molecule has 1 saturated heterocycles. The van der Waals surface area contributed by atoms with E-state index in [9.17, 15) is 14.0 Å². The Morgan fingerprint density at radius 2 is 1.69 bits per heavy atom. The zero-order valence-corrected chi connectivity index (χ0v) is 14.4. The van der Waals surface area contributed by atoms with Gasteiger partial charge in [-0.3, -0.25) is 4.79 Å². The fraction of sp³-hybridized carbons (Fsp3) is 0.300. The largest absolute Gasteiger partial charge is 0.415 e. The van der Waals surface area contributed by atoms with Gasteiger partial charge in [-0.05, 0) is 43.0 Å². The lowest BCUT2D eigenvalue weighted by molar-refractivity contribution is 0.0927. The minimum absolute atomic E-state index is 0.0522. The number of para-hydroxylation sites is 1. The number of amides is 2. The highest BCUT2D eigenvalue weighted by Crippen LogP contribution is 2.19. The Kier molecular flexibility index (Phi) is 5.84. The first-order chi connectivity index (χ1) is 12.6. The molecule has 0 bridgehead atoms. The molecular formula is C20H21FN2O3. The Bertz CT molecular complexity index is 759. The minimum Gasteiger partial charge on any atom is -0.410 e. The molecule has 1 N–H and O–H groups in total. The second-order valence-corrected chi connectivity index (χ2v) is 6.30. The molecule has 1 heterocycles. The van der Waals surface area contributed by atoms with E-state index in [0.29, 0.717) is 25.4 Å². The van der Waals surface area contributed by atoms with Gasteiger partial charge in [-0.2, -0.15) is 0 Å². The molecule has 26 heavy (non-hydrogen) atoms. The summed E-state index contributed by atoms with van der Waals surface area (Å²) in [4.78, 5) is 25.9. The molecule has 5 nitrogen and oxygen atoms in total. The van der Waals surface area contributed by atoms with Gasteiger partial charge < -0.3 is 15.0 Å². The highest BCUT2D eigenvalue weighted by atomic mass is 19.1. The third-order valence-electron chi connectivity index (χ3n) is 4.49. The molecule has 6 heteroatoms. The lowest BCUT2D eigenvalue weighted by Gasteiger charge is -2.31. The lowest BCUT2D eigenvalue weighted by Crippen LogP contribution is -2.42. The van der Waals surface area contributed by atoms with Crippen molar-refractivity contribution in [2.24, 2.45) is 5.92 Å². The van der Waals surface area contributed by atoms with Crippen molar-refractivity contribution in [3.63, 3.8) is 0 Å². The van der Waals surface area contributed by atoms with Gasteiger partial charge in [0, 0.05) is 19.6 Å². The maximum absolute atomic E-state index is 13.6. The molecule has 1 aliphatic heterocycles. The standard InChI is InChI=1S/C20H21FN2O3/c21-18-9-5-4-8-17(18)19(24)22-14-15-10-12-23(13-11-15)20(25)26-16-6-2-1-3-7-16/h1-9,15H,10-14H2,(H,22,24). The number of ether oxygens (including phenoxy) is 1. The average Bonchev–Trinajstić information content (AvgIpc) is 2.67. The van der Waals surface area contributed by atoms with Gasteiger partial charge >= 0.3 is 6.09 Å². The summed E-state index contributed by atoms with van der Waals surface area (Å²) in [5.41, 5.74) is 0.0522. The highest BCUT2D eigenvalue weighted by Gasteiger charge is 2.24. The first-order valence-electron chi connectivity index (χ1n) is 8.68. The van der Waals surface area contributed by atoms with Crippen LogP contribution in [-0.4, -0.2) is 36.5 Å². The number of hydrogen-bond donors (Lipinski definition) is 1. The van der Waals surface area contributed by atoms with Crippen LogP contribution in [0.1, 0.15) is 23.2 Å². The molecule has 0 aliphatic carbocycles. The van der Waals surface area contributed by atoms with E-state index in [2.05, 4.69) is 5.32 Å². The summed E-state index contributed by atoms with van der Waals surface area (Å²) in [5.74, 6) is -0.152. The molecule has 0 radical (unpaired) electrons. The van der Waals surface area contributed by atoms with Gasteiger partial charge in [-0.1, -0.05) is 30.3 Å². The van der Waals surface area contributed by atoms with Crippen LogP contribution in [-0.2, 0) is 0 Å². The molecule has 3 rings (SSSR count). The van der Waals surface area contributed by atoms with Crippen molar-refractivity contribution in [2.75, 3.05) is 19.6 Å². The summed E-state index contributed by atoms with van der Waals surface area (Å²) in [6.45, 7) is 1.62. The van der Waals surface area contributed by atoms with Gasteiger partial charge in [0.1, 0.15) is 11.6 Å². The van der Waals surface area contributed by atoms with Crippen molar-refractivity contribution in [3.05, 3.63) is 66.0 Å². The number of hydrogen-bond acceptors (Lipinski definition) is 3. The van der Waals surface area contributed by atoms with Crippen LogP contribution >= 0.6 is 0 Å². The number of carbonyl (C=O) groups is 2. The molecule has 1 aliphatic rings. The van der Waals surface area contributed by atoms with E-state index in [1.807, 2.05) is 18.2 Å². The molecule has 1 fully saturated rings. The van der Waals surface area contributed by atoms with Crippen LogP contribution in [0.5, 0.6) is 5.75 Å². The smallest absolute Gasteiger partial charge is 0.410 e. The van der Waals surface area contributed by atoms with E-state index in [0.717, 1.165) is 12.8 Å². The van der Waals surface area contributed by atoms with Crippen LogP contribution in [0.4, 0.5) is 9.18 Å². The monoisotopic (exact) mass is 356 g/mol. The van der Waals surface area contributed by atoms with Crippen molar-refractivity contribution in [3.8, 4) is 5.75 Å². The number of nitrogens with zero attached hydrogens (tertiary/aromatic N) is 1. The predicted molar refractivity (Wildman–Crippen MR) is 95.5 cm³/mol. The van der Waals surface area contributed by atoms with Crippen LogP contribution in [0.3, 0.4) is 0 Å². The van der Waals surface area contributed by atoms with Crippen molar-refractivity contribution in [2.45, 2.75) is 12.8 Å². The fourth-order valence-corrected chi connectivity index (χ4v) is 2.95. The van der Waals surface area contributed by atoms with Crippen molar-refractivity contribution < 1.29 is 18.7 Å². The van der Waals surface area contributed by atoms with Gasteiger partial charge in [0.25, 0.3) is 5.91 Å². The number of piperidine rings is 1. The molecule has 136 valence electrons. The Morgan fingerprint density at radius 3 is 2.38 bits per heavy atom. The third-order valence-corrected chi connectivity index (χ3v) is 4.49. The molecule has 0 unspecified atom stereocenters. The predicted octanol–water partition coefficient (Wildman–Crippen LogP) is 3.47. The Labute approximate surface area is 151 Å². The fourth-order valence-electron chi connectivity index (χ4n) is 2.95. The van der Waals surface area contributed by atoms with E-state index in [1.165, 1.54) is 12.1 Å². The Hall–Kier alpha value is -2.89. The number of halogens is 1. The second kappa shape index (κ2) is 8.47. The number of benzene rings is 2. The third kappa shape index (κ3) is 4.59. The summed E-state index contributed by atoms with van der Waals surface area (Å²) < 4.78 is 18.9. The molecular weight excluding hydrogens is 335 g/mol. The van der Waals surface area contributed by atoms with E-state index >= 15 is 0 Å². The van der Waals surface area contributed by atoms with Gasteiger partial charge in [0.05, 0.1) is 5.56 Å². The number of carbonyl (C=O) groups excluding carboxylic acids is 2. The molecule has 2 aromatic carbocycles. The Balaban J connectivity index is 1.43. The minimum atomic E-state index is -0.525. The van der Waals surface area contributed by atoms with Gasteiger partial charge in [0.2, 0.25) is 0 Å². The van der Waals surface area contributed by atoms with E-state index in [-0.39, 0.29) is 17.6 Å². The van der Waals surface area contributed by atoms with Gasteiger partial charge in [-0.15, -0.1) is 0 Å². The molecule has 0 aromatic heterocycles. The first kappa shape index (κ1) is 17.9. The van der Waals surface area contributed by atoms with Crippen LogP contribution in [0, 0.1) is 11.7 Å². The average molecular weight is 356 g/mol. The maximum atomic E-state index is 13.6. The molecule has 2 amide bonds. The van der Waals surface area contributed by atoms with E-state index in [1.54, 1.807) is 29.2 Å². The van der Waals surface area contributed by atoms with Crippen molar-refractivity contribution in [1.29, 1.82) is 0 Å². The topological polar surface area (TPSA) is 58.6 Å². The number of rotatable bonds is 4. The van der Waals surface area contributed by atoms with E-state index in [4.69, 9.17) is 4.74 Å². The maximum Gasteiger partial charge on any atom is 0.415 e. The SMILES string of the molecule is O=C(NCC1CCN(C(=O)Oc2ccccc2)CC1)c1ccccc1F. The van der Waals surface area contributed by atoms with E-state index < -0.39 is 11.7 Å². The molecule has 0 spiro atoms. The normalized spacial score (nSPS) is 14.7. The van der Waals surface area contributed by atoms with Crippen molar-refractivity contribution >= 4 is 12.0 Å². The van der Waals surface area contributed by atoms with Gasteiger partial charge in [-0.25, -0.2) is 9.18 Å². The lowest BCUT2D eigenvalue weighted by atomic mass is 9.97. The molecule has 2 aromatic rings. The van der Waals surface area contributed by atoms with Gasteiger partial charge in [0.15, 0.2) is 0 Å². The quantitative estimate of drug-likeness (QED) is 0.913. The highest BCUT2D eigenvalue weighted by molar-refractivity contribution is 5.94. The summed E-state index contributed by atoms with van der Waals surface area (Å²) in [5, 5.41) is 2.78. The second-order valence-electron chi connectivity index (χ2n) is 6.30. The summed E-state index contributed by atoms with van der Waals surface area (Å²) in [7, 11) is 0. The van der Waals surface area contributed by atoms with Crippen LogP contribution in [0.2, 0.25) is 0 Å². The first-order valence-corrected chi connectivity index (χ1v) is 8.68. The summed E-state index contributed by atoms with van der Waals surface area (Å²) in [6, 6.07) is 14.9. The molecule has 0 atom stereocenters. The number of nitrogens with one attached hydrogen (secondary N) is 1. The van der Waals surface area contributed by atoms with Crippen molar-refractivity contribution in [1.82, 2.24) is 10.2 Å². The summed E-state index contributed by atoms with van der Waals surface area (Å²) >= 11 is 0. The Morgan fingerprint density at radius 1 is 1.04 bits per heavy atom.